The number of likely N-dealkylation sites (N-methyl/N-ethyl adjacent to an activating group) is 1. The van der Waals surface area contributed by atoms with Gasteiger partial charge in [-0.05, 0) is 32.9 Å². The quantitative estimate of drug-likeness (QED) is 0.690. The highest BCUT2D eigenvalue weighted by Crippen LogP contribution is 2.37. The first-order valence-corrected chi connectivity index (χ1v) is 8.39. The number of likely N-dealkylation sites (tertiary alicyclic amines) is 1. The van der Waals surface area contributed by atoms with Gasteiger partial charge in [0.1, 0.15) is 6.54 Å². The molecule has 2 unspecified atom stereocenters. The van der Waals surface area contributed by atoms with E-state index in [4.69, 9.17) is 0 Å². The van der Waals surface area contributed by atoms with Gasteiger partial charge < -0.3 is 9.80 Å². The molecule has 22 heavy (non-hydrogen) atoms. The van der Waals surface area contributed by atoms with E-state index in [1.54, 1.807) is 4.90 Å². The van der Waals surface area contributed by atoms with Gasteiger partial charge >= 0.3 is 0 Å². The Morgan fingerprint density at radius 2 is 1.59 bits per heavy atom. The van der Waals surface area contributed by atoms with Crippen molar-refractivity contribution in [2.24, 2.45) is 11.8 Å². The van der Waals surface area contributed by atoms with Crippen LogP contribution in [-0.2, 0) is 14.4 Å². The summed E-state index contributed by atoms with van der Waals surface area (Å²) < 4.78 is 0. The number of amides is 3. The van der Waals surface area contributed by atoms with Crippen molar-refractivity contribution in [3.05, 3.63) is 0 Å². The van der Waals surface area contributed by atoms with E-state index < -0.39 is 0 Å². The SMILES string of the molecule is CN1CCCN(C(=O)CN2C(=O)C3CCCCC3C2=O)CC1. The van der Waals surface area contributed by atoms with E-state index >= 15 is 0 Å². The second-order valence-corrected chi connectivity index (χ2v) is 6.80. The van der Waals surface area contributed by atoms with E-state index in [9.17, 15) is 14.4 Å². The molecule has 0 aromatic rings. The molecule has 2 atom stereocenters. The molecule has 0 aromatic carbocycles. The predicted molar refractivity (Wildman–Crippen MR) is 80.9 cm³/mol. The summed E-state index contributed by atoms with van der Waals surface area (Å²) in [5, 5.41) is 0. The molecule has 0 aromatic heterocycles. The van der Waals surface area contributed by atoms with Gasteiger partial charge in [-0.25, -0.2) is 0 Å². The molecule has 6 heteroatoms. The van der Waals surface area contributed by atoms with Crippen molar-refractivity contribution in [1.82, 2.24) is 14.7 Å². The molecule has 2 saturated heterocycles. The minimum absolute atomic E-state index is 0.0611. The number of nitrogens with zero attached hydrogens (tertiary/aromatic N) is 3. The minimum Gasteiger partial charge on any atom is -0.340 e. The molecule has 0 bridgehead atoms. The molecule has 1 saturated carbocycles. The fourth-order valence-electron chi connectivity index (χ4n) is 3.92. The molecule has 2 heterocycles. The van der Waals surface area contributed by atoms with Crippen LogP contribution in [-0.4, -0.2) is 72.2 Å². The van der Waals surface area contributed by atoms with Gasteiger partial charge in [-0.15, -0.1) is 0 Å². The summed E-state index contributed by atoms with van der Waals surface area (Å²) in [7, 11) is 2.05. The zero-order valence-corrected chi connectivity index (χ0v) is 13.3. The van der Waals surface area contributed by atoms with Crippen LogP contribution in [0.1, 0.15) is 32.1 Å². The Kier molecular flexibility index (Phi) is 4.47. The average Bonchev–Trinajstić information content (AvgIpc) is 2.69. The molecule has 0 spiro atoms. The fraction of sp³-hybridized carbons (Fsp3) is 0.812. The standard InChI is InChI=1S/C16H25N3O3/c1-17-7-4-8-18(10-9-17)14(20)11-19-15(21)12-5-2-3-6-13(12)16(19)22/h12-13H,2-11H2,1H3. The summed E-state index contributed by atoms with van der Waals surface area (Å²) in [4.78, 5) is 42.5. The van der Waals surface area contributed by atoms with Crippen LogP contribution < -0.4 is 0 Å². The van der Waals surface area contributed by atoms with Gasteiger partial charge in [0.05, 0.1) is 11.8 Å². The zero-order chi connectivity index (χ0) is 15.7. The molecule has 122 valence electrons. The molecule has 1 aliphatic carbocycles. The van der Waals surface area contributed by atoms with Crippen molar-refractivity contribution < 1.29 is 14.4 Å². The van der Waals surface area contributed by atoms with Crippen LogP contribution >= 0.6 is 0 Å². The number of hydrogen-bond donors (Lipinski definition) is 0. The molecule has 0 N–H and O–H groups in total. The van der Waals surface area contributed by atoms with Gasteiger partial charge in [0.15, 0.2) is 0 Å². The van der Waals surface area contributed by atoms with Gasteiger partial charge in [-0.1, -0.05) is 12.8 Å². The third kappa shape index (κ3) is 2.89. The maximum Gasteiger partial charge on any atom is 0.242 e. The van der Waals surface area contributed by atoms with E-state index in [0.29, 0.717) is 13.1 Å². The molecule has 3 rings (SSSR count). The Bertz CT molecular complexity index is 455. The number of imide groups is 1. The Morgan fingerprint density at radius 3 is 2.23 bits per heavy atom. The molecular weight excluding hydrogens is 282 g/mol. The summed E-state index contributed by atoms with van der Waals surface area (Å²) >= 11 is 0. The van der Waals surface area contributed by atoms with Gasteiger partial charge in [-0.2, -0.15) is 0 Å². The first-order valence-electron chi connectivity index (χ1n) is 8.39. The van der Waals surface area contributed by atoms with Crippen LogP contribution in [0.4, 0.5) is 0 Å². The molecule has 3 amide bonds. The lowest BCUT2D eigenvalue weighted by Gasteiger charge is -2.23. The number of carbonyl (C=O) groups is 3. The molecular formula is C16H25N3O3. The largest absolute Gasteiger partial charge is 0.340 e. The van der Waals surface area contributed by atoms with Crippen LogP contribution in [0.2, 0.25) is 0 Å². The van der Waals surface area contributed by atoms with Crippen LogP contribution in [0.25, 0.3) is 0 Å². The first kappa shape index (κ1) is 15.5. The van der Waals surface area contributed by atoms with Gasteiger partial charge in [0, 0.05) is 19.6 Å². The maximum atomic E-state index is 12.5. The lowest BCUT2D eigenvalue weighted by Crippen LogP contribution is -2.44. The summed E-state index contributed by atoms with van der Waals surface area (Å²) in [5.41, 5.74) is 0. The predicted octanol–water partition coefficient (Wildman–Crippen LogP) is 0.326. The summed E-state index contributed by atoms with van der Waals surface area (Å²) in [6.45, 7) is 3.16. The minimum atomic E-state index is -0.163. The number of fused-ring (bicyclic) bond motifs is 1. The highest BCUT2D eigenvalue weighted by Gasteiger charge is 2.48. The number of rotatable bonds is 2. The highest BCUT2D eigenvalue weighted by atomic mass is 16.2. The fourth-order valence-corrected chi connectivity index (χ4v) is 3.92. The highest BCUT2D eigenvalue weighted by molar-refractivity contribution is 6.07. The van der Waals surface area contributed by atoms with Gasteiger partial charge in [0.2, 0.25) is 17.7 Å². The monoisotopic (exact) mass is 307 g/mol. The van der Waals surface area contributed by atoms with Crippen molar-refractivity contribution in [1.29, 1.82) is 0 Å². The van der Waals surface area contributed by atoms with Crippen LogP contribution in [0.5, 0.6) is 0 Å². The third-order valence-electron chi connectivity index (χ3n) is 5.30. The lowest BCUT2D eigenvalue weighted by atomic mass is 9.81. The Hall–Kier alpha value is -1.43. The van der Waals surface area contributed by atoms with Crippen LogP contribution in [0, 0.1) is 11.8 Å². The maximum absolute atomic E-state index is 12.5. The molecule has 2 aliphatic heterocycles. The average molecular weight is 307 g/mol. The number of hydrogen-bond acceptors (Lipinski definition) is 4. The Labute approximate surface area is 131 Å². The lowest BCUT2D eigenvalue weighted by molar-refractivity contribution is -0.146. The summed E-state index contributed by atoms with van der Waals surface area (Å²) in [6, 6.07) is 0. The van der Waals surface area contributed by atoms with E-state index in [1.165, 1.54) is 4.90 Å². The van der Waals surface area contributed by atoms with E-state index in [2.05, 4.69) is 4.90 Å². The van der Waals surface area contributed by atoms with Gasteiger partial charge in [-0.3, -0.25) is 19.3 Å². The molecule has 3 fully saturated rings. The van der Waals surface area contributed by atoms with Crippen molar-refractivity contribution in [3.8, 4) is 0 Å². The second kappa shape index (κ2) is 6.36. The molecule has 0 radical (unpaired) electrons. The number of carbonyl (C=O) groups excluding carboxylic acids is 3. The summed E-state index contributed by atoms with van der Waals surface area (Å²) in [5.74, 6) is -0.644. The third-order valence-corrected chi connectivity index (χ3v) is 5.30. The van der Waals surface area contributed by atoms with Gasteiger partial charge in [0.25, 0.3) is 0 Å². The van der Waals surface area contributed by atoms with E-state index in [-0.39, 0.29) is 36.1 Å². The smallest absolute Gasteiger partial charge is 0.242 e. The van der Waals surface area contributed by atoms with Crippen LogP contribution in [0.15, 0.2) is 0 Å². The Balaban J connectivity index is 1.63. The summed E-state index contributed by atoms with van der Waals surface area (Å²) in [6.07, 6.45) is 4.57. The van der Waals surface area contributed by atoms with E-state index in [1.807, 2.05) is 7.05 Å². The second-order valence-electron chi connectivity index (χ2n) is 6.80. The topological polar surface area (TPSA) is 60.9 Å². The molecule has 6 nitrogen and oxygen atoms in total. The normalized spacial score (nSPS) is 30.4. The van der Waals surface area contributed by atoms with Crippen molar-refractivity contribution in [3.63, 3.8) is 0 Å². The Morgan fingerprint density at radius 1 is 0.955 bits per heavy atom. The van der Waals surface area contributed by atoms with Crippen LogP contribution in [0.3, 0.4) is 0 Å². The van der Waals surface area contributed by atoms with Crippen molar-refractivity contribution in [2.75, 3.05) is 39.8 Å². The van der Waals surface area contributed by atoms with Crippen molar-refractivity contribution in [2.45, 2.75) is 32.1 Å². The zero-order valence-electron chi connectivity index (χ0n) is 13.3. The van der Waals surface area contributed by atoms with E-state index in [0.717, 1.165) is 45.2 Å². The van der Waals surface area contributed by atoms with Crippen molar-refractivity contribution >= 4 is 17.7 Å². The first-order chi connectivity index (χ1) is 10.6. The molecule has 3 aliphatic rings.